The number of hydrogen-bond donors (Lipinski definition) is 3. The maximum absolute atomic E-state index is 13.1. The van der Waals surface area contributed by atoms with E-state index in [9.17, 15) is 14.4 Å². The summed E-state index contributed by atoms with van der Waals surface area (Å²) in [7, 11) is 0. The zero-order chi connectivity index (χ0) is 30.2. The molecule has 0 fully saturated rings. The van der Waals surface area contributed by atoms with Crippen LogP contribution in [0.2, 0.25) is 5.02 Å². The number of thiazole rings is 1. The van der Waals surface area contributed by atoms with Crippen molar-refractivity contribution in [3.63, 3.8) is 0 Å². The number of thioether (sulfide) groups is 1. The Hall–Kier alpha value is -4.64. The highest BCUT2D eigenvalue weighted by molar-refractivity contribution is 8.00. The Labute approximate surface area is 261 Å². The number of halogens is 1. The Morgan fingerprint density at radius 1 is 0.930 bits per heavy atom. The molecule has 43 heavy (non-hydrogen) atoms. The van der Waals surface area contributed by atoms with Gasteiger partial charge >= 0.3 is 0 Å². The maximum atomic E-state index is 13.1. The predicted molar refractivity (Wildman–Crippen MR) is 172 cm³/mol. The van der Waals surface area contributed by atoms with E-state index < -0.39 is 17.1 Å². The van der Waals surface area contributed by atoms with Crippen LogP contribution in [0.25, 0.3) is 17.3 Å². The van der Waals surface area contributed by atoms with Gasteiger partial charge in [0.25, 0.3) is 11.8 Å². The fourth-order valence-corrected chi connectivity index (χ4v) is 5.54. The average molecular weight is 629 g/mol. The molecule has 11 heteroatoms. The summed E-state index contributed by atoms with van der Waals surface area (Å²) in [6, 6.07) is 26.4. The molecule has 3 N–H and O–H groups in total. The van der Waals surface area contributed by atoms with Crippen molar-refractivity contribution in [2.45, 2.75) is 17.1 Å². The first-order valence-corrected chi connectivity index (χ1v) is 15.2. The number of furan rings is 1. The van der Waals surface area contributed by atoms with Crippen LogP contribution in [0, 0.1) is 0 Å². The van der Waals surface area contributed by atoms with E-state index in [1.807, 2.05) is 36.6 Å². The summed E-state index contributed by atoms with van der Waals surface area (Å²) in [6.07, 6.45) is 2.94. The molecule has 1 unspecified atom stereocenters. The van der Waals surface area contributed by atoms with Crippen molar-refractivity contribution in [1.82, 2.24) is 10.3 Å². The minimum Gasteiger partial charge on any atom is -0.465 e. The van der Waals surface area contributed by atoms with Crippen LogP contribution >= 0.6 is 34.7 Å². The van der Waals surface area contributed by atoms with Gasteiger partial charge in [0.15, 0.2) is 5.13 Å². The molecule has 0 bridgehead atoms. The number of nitrogens with one attached hydrogen (secondary N) is 3. The van der Waals surface area contributed by atoms with E-state index in [0.717, 1.165) is 16.2 Å². The first-order valence-electron chi connectivity index (χ1n) is 13.1. The van der Waals surface area contributed by atoms with Crippen LogP contribution in [-0.2, 0) is 9.59 Å². The molecule has 8 nitrogen and oxygen atoms in total. The smallest absolute Gasteiger partial charge is 0.272 e. The quantitative estimate of drug-likeness (QED) is 0.108. The van der Waals surface area contributed by atoms with Crippen LogP contribution in [0.3, 0.4) is 0 Å². The third kappa shape index (κ3) is 8.23. The molecule has 0 aliphatic carbocycles. The van der Waals surface area contributed by atoms with E-state index in [1.165, 1.54) is 35.4 Å². The lowest BCUT2D eigenvalue weighted by Gasteiger charge is -2.13. The first-order chi connectivity index (χ1) is 20.8. The minimum atomic E-state index is -0.518. The molecule has 216 valence electrons. The molecule has 5 rings (SSSR count). The molecule has 2 aromatic heterocycles. The van der Waals surface area contributed by atoms with Crippen LogP contribution < -0.4 is 16.0 Å². The predicted octanol–water partition coefficient (Wildman–Crippen LogP) is 7.59. The summed E-state index contributed by atoms with van der Waals surface area (Å²) in [5.41, 5.74) is 2.63. The summed E-state index contributed by atoms with van der Waals surface area (Å²) in [6.45, 7) is 1.81. The standard InChI is InChI=1S/C32H25ClN4O4S2/c1-20(29(38)37-32-36-28(19-42-32)21-9-11-23(33)12-10-21)43-26-15-13-24(14-16-26)34-31(40)27(18-25-8-5-17-41-25)35-30(39)22-6-3-2-4-7-22/h2-20H,1H3,(H,34,40)(H,35,39)(H,36,37,38)/b27-18-. The molecule has 0 saturated heterocycles. The number of aromatic nitrogens is 1. The normalized spacial score (nSPS) is 11.9. The first kappa shape index (κ1) is 29.8. The molecule has 3 amide bonds. The van der Waals surface area contributed by atoms with Crippen LogP contribution in [0.4, 0.5) is 10.8 Å². The molecular weight excluding hydrogens is 604 g/mol. The lowest BCUT2D eigenvalue weighted by molar-refractivity contribution is -0.115. The lowest BCUT2D eigenvalue weighted by Crippen LogP contribution is -2.30. The number of amides is 3. The van der Waals surface area contributed by atoms with Crippen LogP contribution in [0.5, 0.6) is 0 Å². The molecule has 1 atom stereocenters. The van der Waals surface area contributed by atoms with Crippen molar-refractivity contribution in [2.24, 2.45) is 0 Å². The van der Waals surface area contributed by atoms with Gasteiger partial charge in [0.2, 0.25) is 5.91 Å². The van der Waals surface area contributed by atoms with E-state index in [2.05, 4.69) is 20.9 Å². The maximum Gasteiger partial charge on any atom is 0.272 e. The summed E-state index contributed by atoms with van der Waals surface area (Å²) >= 11 is 8.69. The van der Waals surface area contributed by atoms with Gasteiger partial charge in [0.05, 0.1) is 17.2 Å². The second-order valence-corrected chi connectivity index (χ2v) is 11.9. The van der Waals surface area contributed by atoms with Gasteiger partial charge in [-0.3, -0.25) is 14.4 Å². The van der Waals surface area contributed by atoms with Gasteiger partial charge in [-0.15, -0.1) is 23.1 Å². The van der Waals surface area contributed by atoms with E-state index in [-0.39, 0.29) is 11.6 Å². The molecule has 0 radical (unpaired) electrons. The Balaban J connectivity index is 1.18. The molecule has 0 aliphatic heterocycles. The number of rotatable bonds is 10. The zero-order valence-electron chi connectivity index (χ0n) is 22.7. The second kappa shape index (κ2) is 14.0. The van der Waals surface area contributed by atoms with Gasteiger partial charge < -0.3 is 20.4 Å². The van der Waals surface area contributed by atoms with E-state index >= 15 is 0 Å². The fourth-order valence-electron chi connectivity index (χ4n) is 3.82. The average Bonchev–Trinajstić information content (AvgIpc) is 3.71. The minimum absolute atomic E-state index is 0.0222. The van der Waals surface area contributed by atoms with E-state index in [0.29, 0.717) is 27.2 Å². The summed E-state index contributed by atoms with van der Waals surface area (Å²) in [5.74, 6) is -0.709. The Bertz CT molecular complexity index is 1740. The van der Waals surface area contributed by atoms with Gasteiger partial charge in [-0.05, 0) is 67.6 Å². The molecule has 0 aliphatic rings. The Morgan fingerprint density at radius 3 is 2.37 bits per heavy atom. The number of hydrogen-bond acceptors (Lipinski definition) is 7. The molecule has 0 saturated carbocycles. The van der Waals surface area contributed by atoms with Crippen molar-refractivity contribution in [2.75, 3.05) is 10.6 Å². The molecular formula is C32H25ClN4O4S2. The summed E-state index contributed by atoms with van der Waals surface area (Å²) < 4.78 is 5.34. The number of benzene rings is 3. The summed E-state index contributed by atoms with van der Waals surface area (Å²) in [5, 5.41) is 11.0. The van der Waals surface area contributed by atoms with Crippen LogP contribution in [0.15, 0.2) is 118 Å². The monoisotopic (exact) mass is 628 g/mol. The van der Waals surface area contributed by atoms with Gasteiger partial charge in [0, 0.05) is 38.2 Å². The van der Waals surface area contributed by atoms with Gasteiger partial charge in [0.1, 0.15) is 11.5 Å². The third-order valence-corrected chi connectivity index (χ3v) is 8.15. The highest BCUT2D eigenvalue weighted by Crippen LogP contribution is 2.29. The van der Waals surface area contributed by atoms with Crippen molar-refractivity contribution in [3.05, 3.63) is 125 Å². The van der Waals surface area contributed by atoms with E-state index in [4.69, 9.17) is 16.0 Å². The Morgan fingerprint density at radius 2 is 1.67 bits per heavy atom. The van der Waals surface area contributed by atoms with Crippen LogP contribution in [-0.4, -0.2) is 28.0 Å². The van der Waals surface area contributed by atoms with Crippen molar-refractivity contribution in [3.8, 4) is 11.3 Å². The topological polar surface area (TPSA) is 113 Å². The van der Waals surface area contributed by atoms with Crippen molar-refractivity contribution >= 4 is 69.3 Å². The lowest BCUT2D eigenvalue weighted by atomic mass is 10.2. The largest absolute Gasteiger partial charge is 0.465 e. The fraction of sp³-hybridized carbons (Fsp3) is 0.0625. The van der Waals surface area contributed by atoms with Crippen molar-refractivity contribution in [1.29, 1.82) is 0 Å². The SMILES string of the molecule is CC(Sc1ccc(NC(=O)/C(=C/c2ccco2)NC(=O)c2ccccc2)cc1)C(=O)Nc1nc(-c2ccc(Cl)cc2)cs1. The van der Waals surface area contributed by atoms with Gasteiger partial charge in [-0.2, -0.15) is 0 Å². The molecule has 2 heterocycles. The summed E-state index contributed by atoms with van der Waals surface area (Å²) in [4.78, 5) is 44.0. The molecule has 0 spiro atoms. The number of nitrogens with zero attached hydrogens (tertiary/aromatic N) is 1. The van der Waals surface area contributed by atoms with Crippen LogP contribution in [0.1, 0.15) is 23.0 Å². The number of carbonyl (C=O) groups excluding carboxylic acids is 3. The number of carbonyl (C=O) groups is 3. The highest BCUT2D eigenvalue weighted by atomic mass is 35.5. The number of anilines is 2. The zero-order valence-corrected chi connectivity index (χ0v) is 25.1. The molecule has 3 aromatic carbocycles. The van der Waals surface area contributed by atoms with Crippen molar-refractivity contribution < 1.29 is 18.8 Å². The second-order valence-electron chi connectivity index (χ2n) is 9.17. The third-order valence-electron chi connectivity index (χ3n) is 6.03. The highest BCUT2D eigenvalue weighted by Gasteiger charge is 2.18. The van der Waals surface area contributed by atoms with Gasteiger partial charge in [-0.1, -0.05) is 41.9 Å². The molecule has 5 aromatic rings. The van der Waals surface area contributed by atoms with Gasteiger partial charge in [-0.25, -0.2) is 4.98 Å². The van der Waals surface area contributed by atoms with E-state index in [1.54, 1.807) is 66.7 Å². The Kier molecular flexibility index (Phi) is 9.73.